The van der Waals surface area contributed by atoms with Crippen molar-refractivity contribution >= 4 is 24.2 Å². The Kier molecular flexibility index (Phi) is 4.15. The molecule has 6 heteroatoms. The Morgan fingerprint density at radius 2 is 1.83 bits per heavy atom. The Labute approximate surface area is 141 Å². The molecule has 24 heavy (non-hydrogen) atoms. The highest BCUT2D eigenvalue weighted by Crippen LogP contribution is 2.38. The van der Waals surface area contributed by atoms with Crippen LogP contribution in [0.2, 0.25) is 0 Å². The Morgan fingerprint density at radius 3 is 2.46 bits per heavy atom. The monoisotopic (exact) mass is 327 g/mol. The maximum absolute atomic E-state index is 12.0. The van der Waals surface area contributed by atoms with Gasteiger partial charge in [-0.3, -0.25) is 4.79 Å². The van der Waals surface area contributed by atoms with E-state index in [2.05, 4.69) is 0 Å². The third kappa shape index (κ3) is 2.93. The van der Waals surface area contributed by atoms with Crippen molar-refractivity contribution in [3.63, 3.8) is 0 Å². The molecule has 0 bridgehead atoms. The van der Waals surface area contributed by atoms with Gasteiger partial charge in [0.05, 0.1) is 22.9 Å². The minimum atomic E-state index is -0.497. The zero-order valence-corrected chi connectivity index (χ0v) is 14.5. The van der Waals surface area contributed by atoms with Crippen LogP contribution in [0.15, 0.2) is 45.2 Å². The van der Waals surface area contributed by atoms with Gasteiger partial charge in [0.25, 0.3) is 0 Å². The summed E-state index contributed by atoms with van der Waals surface area (Å²) in [6.45, 7) is 8.31. The fourth-order valence-electron chi connectivity index (χ4n) is 2.62. The lowest BCUT2D eigenvalue weighted by Gasteiger charge is -2.32. The van der Waals surface area contributed by atoms with Gasteiger partial charge in [-0.1, -0.05) is 12.1 Å². The number of fused-ring (bicyclic) bond motifs is 1. The van der Waals surface area contributed by atoms with Gasteiger partial charge in [-0.05, 0) is 50.9 Å². The van der Waals surface area contributed by atoms with Gasteiger partial charge in [0, 0.05) is 12.6 Å². The second-order valence-corrected chi connectivity index (χ2v) is 7.05. The van der Waals surface area contributed by atoms with Gasteiger partial charge in [-0.15, -0.1) is 0 Å². The highest BCUT2D eigenvalue weighted by Gasteiger charge is 2.52. The van der Waals surface area contributed by atoms with Crippen LogP contribution in [0.1, 0.15) is 33.3 Å². The first-order chi connectivity index (χ1) is 11.2. The fraction of sp³-hybridized carbons (Fsp3) is 0.389. The number of benzene rings is 1. The minimum Gasteiger partial charge on any atom is -0.464 e. The summed E-state index contributed by atoms with van der Waals surface area (Å²) in [7, 11) is -0.497. The summed E-state index contributed by atoms with van der Waals surface area (Å²) in [5, 5.41) is 0.538. The first kappa shape index (κ1) is 17.0. The molecule has 0 aliphatic carbocycles. The SMILES string of the molecule is CC1(C)OB(C(=Cc2ccc3occc(=O)c3c2)CN)OC1(C)C. The molecule has 5 nitrogen and oxygen atoms in total. The van der Waals surface area contributed by atoms with Crippen LogP contribution in [0.5, 0.6) is 0 Å². The number of hydrogen-bond donors (Lipinski definition) is 1. The van der Waals surface area contributed by atoms with Crippen molar-refractivity contribution in [2.75, 3.05) is 6.54 Å². The second kappa shape index (κ2) is 5.88. The van der Waals surface area contributed by atoms with Crippen molar-refractivity contribution in [3.05, 3.63) is 51.8 Å². The van der Waals surface area contributed by atoms with E-state index in [9.17, 15) is 4.79 Å². The van der Waals surface area contributed by atoms with E-state index in [0.29, 0.717) is 17.5 Å². The molecule has 1 aromatic heterocycles. The van der Waals surface area contributed by atoms with E-state index in [1.807, 2.05) is 39.8 Å². The Bertz CT molecular complexity index is 837. The molecule has 1 aromatic carbocycles. The molecule has 1 aliphatic heterocycles. The van der Waals surface area contributed by atoms with E-state index in [-0.39, 0.29) is 5.43 Å². The van der Waals surface area contributed by atoms with Crippen molar-refractivity contribution < 1.29 is 13.7 Å². The molecular weight excluding hydrogens is 305 g/mol. The van der Waals surface area contributed by atoms with E-state index >= 15 is 0 Å². The highest BCUT2D eigenvalue weighted by atomic mass is 16.7. The maximum Gasteiger partial charge on any atom is 0.491 e. The molecule has 1 fully saturated rings. The van der Waals surface area contributed by atoms with Crippen LogP contribution in [0.25, 0.3) is 17.0 Å². The van der Waals surface area contributed by atoms with Gasteiger partial charge in [-0.2, -0.15) is 0 Å². The number of nitrogens with two attached hydrogens (primary N) is 1. The average molecular weight is 327 g/mol. The van der Waals surface area contributed by atoms with Gasteiger partial charge in [0.2, 0.25) is 0 Å². The largest absolute Gasteiger partial charge is 0.491 e. The molecular formula is C18H22BNO4. The standard InChI is InChI=1S/C18H22BNO4/c1-17(2)18(3,4)24-19(23-17)13(11-20)9-12-5-6-16-14(10-12)15(21)7-8-22-16/h5-10H,11,20H2,1-4H3. The average Bonchev–Trinajstić information content (AvgIpc) is 2.73. The van der Waals surface area contributed by atoms with Gasteiger partial charge in [0.1, 0.15) is 5.58 Å². The zero-order valence-electron chi connectivity index (χ0n) is 14.5. The van der Waals surface area contributed by atoms with E-state index in [4.69, 9.17) is 19.5 Å². The van der Waals surface area contributed by atoms with Crippen LogP contribution < -0.4 is 11.2 Å². The van der Waals surface area contributed by atoms with Gasteiger partial charge in [-0.25, -0.2) is 0 Å². The molecule has 1 aliphatic rings. The lowest BCUT2D eigenvalue weighted by atomic mass is 9.77. The van der Waals surface area contributed by atoms with E-state index in [1.165, 1.54) is 12.3 Å². The maximum atomic E-state index is 12.0. The molecule has 1 saturated heterocycles. The molecule has 2 aromatic rings. The van der Waals surface area contributed by atoms with Crippen LogP contribution in [0.3, 0.4) is 0 Å². The van der Waals surface area contributed by atoms with E-state index < -0.39 is 18.3 Å². The minimum absolute atomic E-state index is 0.0727. The molecule has 0 spiro atoms. The van der Waals surface area contributed by atoms with Crippen LogP contribution in [-0.2, 0) is 9.31 Å². The Balaban J connectivity index is 1.97. The van der Waals surface area contributed by atoms with Crippen LogP contribution in [0.4, 0.5) is 0 Å². The van der Waals surface area contributed by atoms with Gasteiger partial charge < -0.3 is 19.5 Å². The molecule has 0 saturated carbocycles. The second-order valence-electron chi connectivity index (χ2n) is 7.05. The van der Waals surface area contributed by atoms with E-state index in [1.54, 1.807) is 12.1 Å². The summed E-state index contributed by atoms with van der Waals surface area (Å²) < 4.78 is 17.4. The molecule has 2 heterocycles. The number of hydrogen-bond acceptors (Lipinski definition) is 5. The molecule has 0 radical (unpaired) electrons. The molecule has 0 unspecified atom stereocenters. The summed E-state index contributed by atoms with van der Waals surface area (Å²) in [5.41, 5.74) is 7.24. The number of rotatable bonds is 3. The molecule has 2 N–H and O–H groups in total. The Morgan fingerprint density at radius 1 is 1.17 bits per heavy atom. The summed E-state index contributed by atoms with van der Waals surface area (Å²) >= 11 is 0. The van der Waals surface area contributed by atoms with Crippen molar-refractivity contribution in [1.82, 2.24) is 0 Å². The van der Waals surface area contributed by atoms with Crippen LogP contribution in [-0.4, -0.2) is 24.9 Å². The predicted molar refractivity (Wildman–Crippen MR) is 95.6 cm³/mol. The third-order valence-electron chi connectivity index (χ3n) is 4.83. The van der Waals surface area contributed by atoms with Crippen LogP contribution >= 0.6 is 0 Å². The topological polar surface area (TPSA) is 74.7 Å². The molecule has 0 atom stereocenters. The van der Waals surface area contributed by atoms with Gasteiger partial charge >= 0.3 is 7.12 Å². The normalized spacial score (nSPS) is 19.9. The van der Waals surface area contributed by atoms with Gasteiger partial charge in [0.15, 0.2) is 5.43 Å². The van der Waals surface area contributed by atoms with Crippen LogP contribution in [0, 0.1) is 0 Å². The van der Waals surface area contributed by atoms with Crippen molar-refractivity contribution in [1.29, 1.82) is 0 Å². The lowest BCUT2D eigenvalue weighted by molar-refractivity contribution is 0.00578. The molecule has 0 amide bonds. The highest BCUT2D eigenvalue weighted by molar-refractivity contribution is 6.55. The molecule has 126 valence electrons. The van der Waals surface area contributed by atoms with Crippen molar-refractivity contribution in [2.24, 2.45) is 5.73 Å². The summed E-state index contributed by atoms with van der Waals surface area (Å²) in [4.78, 5) is 12.0. The quantitative estimate of drug-likeness (QED) is 0.878. The fourth-order valence-corrected chi connectivity index (χ4v) is 2.62. The van der Waals surface area contributed by atoms with Crippen molar-refractivity contribution in [3.8, 4) is 0 Å². The first-order valence-electron chi connectivity index (χ1n) is 8.01. The summed E-state index contributed by atoms with van der Waals surface area (Å²) in [5.74, 6) is 0. The smallest absolute Gasteiger partial charge is 0.464 e. The predicted octanol–water partition coefficient (Wildman–Crippen LogP) is 2.77. The Hall–Kier alpha value is -1.89. The van der Waals surface area contributed by atoms with Crippen molar-refractivity contribution in [2.45, 2.75) is 38.9 Å². The first-order valence-corrected chi connectivity index (χ1v) is 8.01. The lowest BCUT2D eigenvalue weighted by Crippen LogP contribution is -2.41. The third-order valence-corrected chi connectivity index (χ3v) is 4.83. The zero-order chi connectivity index (χ0) is 17.5. The summed E-state index contributed by atoms with van der Waals surface area (Å²) in [6, 6.07) is 6.86. The molecule has 3 rings (SSSR count). The summed E-state index contributed by atoms with van der Waals surface area (Å²) in [6.07, 6.45) is 3.31. The van der Waals surface area contributed by atoms with E-state index in [0.717, 1.165) is 11.0 Å².